The fraction of sp³-hybridized carbons (Fsp3) is 0.456. The summed E-state index contributed by atoms with van der Waals surface area (Å²) >= 11 is -1.19. The summed E-state index contributed by atoms with van der Waals surface area (Å²) in [6.07, 6.45) is 3.11. The van der Waals surface area contributed by atoms with Gasteiger partial charge in [0.25, 0.3) is 11.3 Å². The monoisotopic (exact) mass is 1140 g/mol. The number of aromatic amines is 1. The molecule has 3 aromatic carbocycles. The number of H-pyrrole nitrogens is 1. The Hall–Kier alpha value is -6.47. The number of piperazine rings is 1. The van der Waals surface area contributed by atoms with Crippen molar-refractivity contribution in [2.75, 3.05) is 81.3 Å². The van der Waals surface area contributed by atoms with Crippen LogP contribution >= 0.6 is 11.3 Å². The number of nitrogens with one attached hydrogen (secondary N) is 3. The Morgan fingerprint density at radius 2 is 1.64 bits per heavy atom. The number of benzene rings is 3. The molecule has 0 spiro atoms. The average molecular weight is 1140 g/mol. The van der Waals surface area contributed by atoms with Crippen molar-refractivity contribution in [2.24, 2.45) is 11.3 Å². The second-order valence-electron chi connectivity index (χ2n) is 22.4. The molecule has 10 rings (SSSR count). The van der Waals surface area contributed by atoms with Crippen LogP contribution in [-0.4, -0.2) is 163 Å². The molecule has 0 saturated carbocycles. The van der Waals surface area contributed by atoms with E-state index in [1.165, 1.54) is 16.1 Å². The van der Waals surface area contributed by atoms with Crippen molar-refractivity contribution in [2.45, 2.75) is 84.3 Å². The number of aliphatic hydroxyl groups is 1. The minimum Gasteiger partial charge on any atom is -0.449 e. The van der Waals surface area contributed by atoms with Crippen LogP contribution in [0.5, 0.6) is 11.5 Å². The second-order valence-corrected chi connectivity index (χ2v) is 24.0. The number of halogens is 3. The van der Waals surface area contributed by atoms with Crippen LogP contribution in [-0.2, 0) is 32.2 Å². The highest BCUT2D eigenvalue weighted by Crippen LogP contribution is 2.39. The molecule has 3 amide bonds. The van der Waals surface area contributed by atoms with Gasteiger partial charge in [0.2, 0.25) is 23.5 Å². The number of hydrogen-bond acceptors (Lipinski definition) is 13. The first-order chi connectivity index (χ1) is 38.4. The Morgan fingerprint density at radius 3 is 2.30 bits per heavy atom. The quantitative estimate of drug-likeness (QED) is 0.0571. The van der Waals surface area contributed by atoms with Crippen molar-refractivity contribution in [3.8, 4) is 33.1 Å². The molecule has 0 radical (unpaired) electrons. The number of anilines is 2. The van der Waals surface area contributed by atoms with Gasteiger partial charge in [0, 0.05) is 82.4 Å². The number of piperidine rings is 1. The lowest BCUT2D eigenvalue weighted by atomic mass is 9.85. The number of rotatable bonds is 17. The Balaban J connectivity index is 0.676. The van der Waals surface area contributed by atoms with E-state index in [2.05, 4.69) is 52.4 Å². The lowest BCUT2D eigenvalue weighted by Crippen LogP contribution is -2.59. The van der Waals surface area contributed by atoms with Crippen LogP contribution in [0.1, 0.15) is 57.7 Å². The van der Waals surface area contributed by atoms with Gasteiger partial charge in [-0.25, -0.2) is 32.4 Å². The van der Waals surface area contributed by atoms with Crippen LogP contribution in [0.15, 0.2) is 84.6 Å². The number of nitrogens with zero attached hydrogens (tertiary/aromatic N) is 8. The van der Waals surface area contributed by atoms with Crippen LogP contribution in [0, 0.1) is 29.9 Å². The van der Waals surface area contributed by atoms with Gasteiger partial charge in [-0.1, -0.05) is 57.2 Å². The number of aliphatic hydroxyl groups excluding tert-OH is 1. The van der Waals surface area contributed by atoms with E-state index in [9.17, 15) is 32.6 Å². The van der Waals surface area contributed by atoms with E-state index in [1.807, 2.05) is 75.7 Å². The largest absolute Gasteiger partial charge is 0.449 e. The maximum absolute atomic E-state index is 16.0. The minimum absolute atomic E-state index is 0.00594. The average Bonchev–Trinajstić information content (AvgIpc) is 4.30. The second kappa shape index (κ2) is 24.3. The third-order valence-corrected chi connectivity index (χ3v) is 17.4. The number of hydrazine groups is 1. The number of alkyl halides is 1. The molecule has 6 aromatic rings. The van der Waals surface area contributed by atoms with Gasteiger partial charge in [-0.15, -0.1) is 11.3 Å². The Bertz CT molecular complexity index is 3200. The molecule has 5 N–H and O–H groups in total. The smallest absolute Gasteiger partial charge is 0.277 e. The summed E-state index contributed by atoms with van der Waals surface area (Å²) in [5.74, 6) is -3.45. The summed E-state index contributed by atoms with van der Waals surface area (Å²) < 4.78 is 74.0. The highest BCUT2D eigenvalue weighted by molar-refractivity contribution is 7.80. The molecule has 4 fully saturated rings. The molecule has 1 unspecified atom stereocenters. The number of hydrogen-bond donors (Lipinski definition) is 5. The zero-order valence-corrected chi connectivity index (χ0v) is 46.9. The van der Waals surface area contributed by atoms with Crippen molar-refractivity contribution < 1.29 is 46.2 Å². The van der Waals surface area contributed by atoms with Gasteiger partial charge in [-0.3, -0.25) is 28.7 Å². The summed E-state index contributed by atoms with van der Waals surface area (Å²) in [4.78, 5) is 62.8. The number of pyridine rings is 1. The topological polar surface area (TPSA) is 203 Å². The molecule has 18 nitrogen and oxygen atoms in total. The van der Waals surface area contributed by atoms with E-state index in [0.717, 1.165) is 109 Å². The molecule has 426 valence electrons. The highest BCUT2D eigenvalue weighted by Gasteiger charge is 2.45. The molecule has 0 bridgehead atoms. The molecule has 4 saturated heterocycles. The van der Waals surface area contributed by atoms with E-state index in [4.69, 9.17) is 4.74 Å². The number of thiazole rings is 1. The van der Waals surface area contributed by atoms with E-state index in [0.29, 0.717) is 21.4 Å². The van der Waals surface area contributed by atoms with Gasteiger partial charge in [0.05, 0.1) is 40.7 Å². The van der Waals surface area contributed by atoms with Crippen molar-refractivity contribution in [1.82, 2.24) is 45.3 Å². The zero-order chi connectivity index (χ0) is 56.4. The van der Waals surface area contributed by atoms with Gasteiger partial charge in [0.1, 0.15) is 29.6 Å². The Kier molecular flexibility index (Phi) is 17.3. The molecular weight excluding hydrogens is 1070 g/mol. The zero-order valence-electron chi connectivity index (χ0n) is 45.2. The van der Waals surface area contributed by atoms with E-state index >= 15 is 8.78 Å². The van der Waals surface area contributed by atoms with Crippen molar-refractivity contribution in [3.63, 3.8) is 0 Å². The number of aryl methyl sites for hydroxylation is 1. The van der Waals surface area contributed by atoms with Crippen LogP contribution < -0.4 is 24.7 Å². The number of carbonyl (C=O) groups excluding carboxylic acids is 3. The number of aromatic nitrogens is 3. The summed E-state index contributed by atoms with van der Waals surface area (Å²) in [5, 5.41) is 18.3. The van der Waals surface area contributed by atoms with Crippen LogP contribution in [0.25, 0.3) is 32.6 Å². The third-order valence-electron chi connectivity index (χ3n) is 15.7. The highest BCUT2D eigenvalue weighted by atomic mass is 32.2. The van der Waals surface area contributed by atoms with Crippen LogP contribution in [0.2, 0.25) is 0 Å². The van der Waals surface area contributed by atoms with Crippen LogP contribution in [0.4, 0.5) is 24.5 Å². The molecule has 23 heteroatoms. The third kappa shape index (κ3) is 12.8. The SMILES string of the molecule is Cc1ncsc1-c1ccc(CNC(=O)[C@@H]2C[C@@H](O)CN2C(=O)[C@@H](NC(=O)CN2CCC(CN3CCN(c4ccc(-c5cnc6[nH]cc(Oc7c(F)ccc(N(N8CC[C@@H](F)C8)S(=O)O)c7F)c6c5)cc4)CC3)CC2)C(C)(C)C)cc1. The molecular formula is C57H68F3N11O7S2. The Morgan fingerprint density at radius 1 is 0.912 bits per heavy atom. The lowest BCUT2D eigenvalue weighted by Gasteiger charge is -2.40. The number of β-amino-alcohol motifs (C(OH)–C–C–N with tert-alkyl or cyclic N) is 1. The molecule has 4 aliphatic heterocycles. The first-order valence-electron chi connectivity index (χ1n) is 27.1. The van der Waals surface area contributed by atoms with Crippen LogP contribution in [0.3, 0.4) is 0 Å². The van der Waals surface area contributed by atoms with E-state index < -0.39 is 64.1 Å². The standard InChI is InChI=1S/C57H68F3N11O7S2/c1-35-52(79-34-64-35)39-7-5-36(6-8-39)27-63-55(74)47-26-43(72)32-70(47)56(75)53(57(2,3)4)65-49(73)33-66-18-15-37(16-19-66)30-67-21-23-68(24-22-67)42-11-9-38(10-12-42)40-25-44-48(29-62-54(44)61-28-40)78-51-45(59)13-14-46(50(51)60)71(80(76)77)69-20-17-41(58)31-69/h5-14,25,28-29,34,37,41,43,47,53,72H,15-24,26-27,30-33H2,1-4H3,(H,61,62)(H,63,74)(H,65,73)(H,76,77)/t41-,43-,47+,53-/m1/s1. The number of fused-ring (bicyclic) bond motifs is 1. The van der Waals surface area contributed by atoms with Crippen molar-refractivity contribution in [3.05, 3.63) is 108 Å². The Labute approximate surface area is 469 Å². The minimum atomic E-state index is -2.77. The predicted octanol–water partition coefficient (Wildman–Crippen LogP) is 7.28. The normalized spacial score (nSPS) is 20.5. The maximum Gasteiger partial charge on any atom is 0.277 e. The molecule has 7 heterocycles. The number of amides is 3. The van der Waals surface area contributed by atoms with Gasteiger partial charge >= 0.3 is 0 Å². The number of likely N-dealkylation sites (tertiary alicyclic amines) is 2. The summed E-state index contributed by atoms with van der Waals surface area (Å²) in [5.41, 5.74) is 6.74. The summed E-state index contributed by atoms with van der Waals surface area (Å²) in [6.45, 7) is 13.9. The van der Waals surface area contributed by atoms with Gasteiger partial charge in [-0.2, -0.15) is 4.41 Å². The summed E-state index contributed by atoms with van der Waals surface area (Å²) in [6, 6.07) is 18.0. The number of ether oxygens (including phenoxy) is 1. The fourth-order valence-corrected chi connectivity index (χ4v) is 12.7. The predicted molar refractivity (Wildman–Crippen MR) is 302 cm³/mol. The molecule has 0 aliphatic carbocycles. The summed E-state index contributed by atoms with van der Waals surface area (Å²) in [7, 11) is 0. The molecule has 5 atom stereocenters. The lowest BCUT2D eigenvalue weighted by molar-refractivity contribution is -0.144. The maximum atomic E-state index is 16.0. The van der Waals surface area contributed by atoms with Gasteiger partial charge in [-0.05, 0) is 97.6 Å². The molecule has 4 aliphatic rings. The van der Waals surface area contributed by atoms with Gasteiger partial charge in [0.15, 0.2) is 17.4 Å². The fourth-order valence-electron chi connectivity index (χ4n) is 11.2. The van der Waals surface area contributed by atoms with E-state index in [1.54, 1.807) is 17.5 Å². The van der Waals surface area contributed by atoms with Crippen molar-refractivity contribution >= 4 is 62.7 Å². The van der Waals surface area contributed by atoms with Gasteiger partial charge < -0.3 is 35.3 Å². The first kappa shape index (κ1) is 56.8. The first-order valence-corrected chi connectivity index (χ1v) is 29.1. The number of carbonyl (C=O) groups is 3. The van der Waals surface area contributed by atoms with E-state index in [-0.39, 0.29) is 69.0 Å². The van der Waals surface area contributed by atoms with Crippen molar-refractivity contribution in [1.29, 1.82) is 0 Å². The molecule has 3 aromatic heterocycles. The molecule has 80 heavy (non-hydrogen) atoms.